The summed E-state index contributed by atoms with van der Waals surface area (Å²) in [6, 6.07) is 14.9. The standard InChI is InChI=1S/C25H31F3N2O2/c1-18-16-30(14-13-29(18)17-22(31)32-24(2,3)4)23(19-9-6-5-7-10-19)20-11-8-12-21(15-20)25(26,27)28/h5-12,15,18,23H,13-14,16-17H2,1-4H3/t18?,23-/m1/s1. The molecule has 0 bridgehead atoms. The van der Waals surface area contributed by atoms with Gasteiger partial charge in [0.15, 0.2) is 0 Å². The number of alkyl halides is 3. The van der Waals surface area contributed by atoms with Crippen LogP contribution in [0.5, 0.6) is 0 Å². The molecular weight excluding hydrogens is 417 g/mol. The number of carbonyl (C=O) groups is 1. The molecule has 0 N–H and O–H groups in total. The average molecular weight is 449 g/mol. The highest BCUT2D eigenvalue weighted by Gasteiger charge is 2.34. The lowest BCUT2D eigenvalue weighted by Gasteiger charge is -2.43. The third kappa shape index (κ3) is 6.33. The number of benzene rings is 2. The minimum Gasteiger partial charge on any atom is -0.459 e. The molecule has 0 aromatic heterocycles. The zero-order valence-electron chi connectivity index (χ0n) is 19.0. The van der Waals surface area contributed by atoms with Gasteiger partial charge in [-0.25, -0.2) is 0 Å². The van der Waals surface area contributed by atoms with E-state index < -0.39 is 17.3 Å². The molecule has 2 aromatic rings. The molecule has 0 spiro atoms. The van der Waals surface area contributed by atoms with Crippen LogP contribution < -0.4 is 0 Å². The van der Waals surface area contributed by atoms with Gasteiger partial charge in [-0.3, -0.25) is 14.6 Å². The van der Waals surface area contributed by atoms with Crippen LogP contribution in [0.3, 0.4) is 0 Å². The minimum atomic E-state index is -4.39. The van der Waals surface area contributed by atoms with Gasteiger partial charge < -0.3 is 4.74 Å². The molecule has 2 aromatic carbocycles. The lowest BCUT2D eigenvalue weighted by atomic mass is 9.94. The Bertz CT molecular complexity index is 909. The van der Waals surface area contributed by atoms with E-state index in [1.54, 1.807) is 6.07 Å². The van der Waals surface area contributed by atoms with Crippen molar-refractivity contribution in [3.05, 3.63) is 71.3 Å². The normalized spacial score (nSPS) is 19.5. The molecular formula is C25H31F3N2O2. The second kappa shape index (κ2) is 9.63. The van der Waals surface area contributed by atoms with Crippen molar-refractivity contribution in [2.45, 2.75) is 51.6 Å². The van der Waals surface area contributed by atoms with E-state index in [-0.39, 0.29) is 24.6 Å². The van der Waals surface area contributed by atoms with E-state index in [9.17, 15) is 18.0 Å². The topological polar surface area (TPSA) is 32.8 Å². The van der Waals surface area contributed by atoms with Crippen LogP contribution in [0.1, 0.15) is 50.4 Å². The van der Waals surface area contributed by atoms with Crippen LogP contribution in [-0.4, -0.2) is 53.6 Å². The second-order valence-electron chi connectivity index (χ2n) is 9.34. The number of carbonyl (C=O) groups excluding carboxylic acids is 1. The van der Waals surface area contributed by atoms with Gasteiger partial charge in [0.1, 0.15) is 5.60 Å². The van der Waals surface area contributed by atoms with Gasteiger partial charge in [-0.2, -0.15) is 13.2 Å². The summed E-state index contributed by atoms with van der Waals surface area (Å²) in [5.41, 5.74) is 0.371. The fourth-order valence-corrected chi connectivity index (χ4v) is 4.17. The molecule has 32 heavy (non-hydrogen) atoms. The van der Waals surface area contributed by atoms with Crippen molar-refractivity contribution in [3.63, 3.8) is 0 Å². The molecule has 2 atom stereocenters. The fourth-order valence-electron chi connectivity index (χ4n) is 4.17. The number of piperazine rings is 1. The number of nitrogens with zero attached hydrogens (tertiary/aromatic N) is 2. The van der Waals surface area contributed by atoms with Crippen LogP contribution in [-0.2, 0) is 15.7 Å². The minimum absolute atomic E-state index is 0.0493. The number of ether oxygens (including phenoxy) is 1. The summed E-state index contributed by atoms with van der Waals surface area (Å²) in [7, 11) is 0. The Labute approximate surface area is 188 Å². The van der Waals surface area contributed by atoms with Crippen molar-refractivity contribution in [2.24, 2.45) is 0 Å². The van der Waals surface area contributed by atoms with E-state index in [0.717, 1.165) is 11.6 Å². The largest absolute Gasteiger partial charge is 0.459 e. The van der Waals surface area contributed by atoms with Gasteiger partial charge in [-0.05, 0) is 51.0 Å². The Morgan fingerprint density at radius 1 is 1.03 bits per heavy atom. The first-order valence-electron chi connectivity index (χ1n) is 10.9. The highest BCUT2D eigenvalue weighted by atomic mass is 19.4. The molecule has 1 fully saturated rings. The van der Waals surface area contributed by atoms with Gasteiger partial charge in [0.2, 0.25) is 0 Å². The summed E-state index contributed by atoms with van der Waals surface area (Å²) in [6.07, 6.45) is -4.39. The molecule has 1 heterocycles. The zero-order valence-corrected chi connectivity index (χ0v) is 19.0. The van der Waals surface area contributed by atoms with Gasteiger partial charge in [-0.1, -0.05) is 42.5 Å². The quantitative estimate of drug-likeness (QED) is 0.593. The monoisotopic (exact) mass is 448 g/mol. The van der Waals surface area contributed by atoms with E-state index >= 15 is 0 Å². The lowest BCUT2D eigenvalue weighted by molar-refractivity contribution is -0.157. The Balaban J connectivity index is 1.82. The van der Waals surface area contributed by atoms with Gasteiger partial charge in [0.05, 0.1) is 18.2 Å². The molecule has 174 valence electrons. The molecule has 0 amide bonds. The highest BCUT2D eigenvalue weighted by Crippen LogP contribution is 2.35. The Kier molecular flexibility index (Phi) is 7.30. The van der Waals surface area contributed by atoms with Crippen LogP contribution in [0.25, 0.3) is 0 Å². The summed E-state index contributed by atoms with van der Waals surface area (Å²) in [5.74, 6) is -0.268. The van der Waals surface area contributed by atoms with E-state index in [1.165, 1.54) is 12.1 Å². The smallest absolute Gasteiger partial charge is 0.416 e. The van der Waals surface area contributed by atoms with Crippen LogP contribution >= 0.6 is 0 Å². The molecule has 1 saturated heterocycles. The van der Waals surface area contributed by atoms with Gasteiger partial charge in [0.25, 0.3) is 0 Å². The summed E-state index contributed by atoms with van der Waals surface area (Å²) in [6.45, 7) is 9.63. The number of hydrogen-bond donors (Lipinski definition) is 0. The molecule has 7 heteroatoms. The highest BCUT2D eigenvalue weighted by molar-refractivity contribution is 5.72. The zero-order chi connectivity index (χ0) is 23.5. The third-order valence-electron chi connectivity index (χ3n) is 5.56. The van der Waals surface area contributed by atoms with Crippen molar-refractivity contribution in [2.75, 3.05) is 26.2 Å². The average Bonchev–Trinajstić information content (AvgIpc) is 2.69. The lowest BCUT2D eigenvalue weighted by Crippen LogP contribution is -2.54. The summed E-state index contributed by atoms with van der Waals surface area (Å²) in [4.78, 5) is 16.5. The van der Waals surface area contributed by atoms with Gasteiger partial charge in [-0.15, -0.1) is 0 Å². The van der Waals surface area contributed by atoms with Crippen LogP contribution in [0.2, 0.25) is 0 Å². The van der Waals surface area contributed by atoms with E-state index in [2.05, 4.69) is 9.80 Å². The van der Waals surface area contributed by atoms with Crippen molar-refractivity contribution >= 4 is 5.97 Å². The molecule has 1 aliphatic rings. The Morgan fingerprint density at radius 2 is 1.69 bits per heavy atom. The van der Waals surface area contributed by atoms with Crippen molar-refractivity contribution < 1.29 is 22.7 Å². The summed E-state index contributed by atoms with van der Waals surface area (Å²) >= 11 is 0. The maximum atomic E-state index is 13.4. The van der Waals surface area contributed by atoms with Crippen molar-refractivity contribution in [1.82, 2.24) is 9.80 Å². The SMILES string of the molecule is CC1CN([C@H](c2ccccc2)c2cccc(C(F)(F)F)c2)CCN1CC(=O)OC(C)(C)C. The number of hydrogen-bond acceptors (Lipinski definition) is 4. The summed E-state index contributed by atoms with van der Waals surface area (Å²) < 4.78 is 45.5. The van der Waals surface area contributed by atoms with E-state index in [0.29, 0.717) is 25.2 Å². The fraction of sp³-hybridized carbons (Fsp3) is 0.480. The Hall–Kier alpha value is -2.38. The summed E-state index contributed by atoms with van der Waals surface area (Å²) in [5, 5.41) is 0. The molecule has 0 aliphatic carbocycles. The molecule has 1 aliphatic heterocycles. The molecule has 0 saturated carbocycles. The molecule has 0 radical (unpaired) electrons. The van der Waals surface area contributed by atoms with E-state index in [4.69, 9.17) is 4.74 Å². The maximum Gasteiger partial charge on any atom is 0.416 e. The predicted octanol–water partition coefficient (Wildman–Crippen LogP) is 5.14. The molecule has 4 nitrogen and oxygen atoms in total. The predicted molar refractivity (Wildman–Crippen MR) is 118 cm³/mol. The van der Waals surface area contributed by atoms with Crippen LogP contribution in [0, 0.1) is 0 Å². The van der Waals surface area contributed by atoms with Gasteiger partial charge in [0, 0.05) is 25.7 Å². The third-order valence-corrected chi connectivity index (χ3v) is 5.56. The van der Waals surface area contributed by atoms with Crippen LogP contribution in [0.15, 0.2) is 54.6 Å². The number of rotatable bonds is 5. The first-order valence-corrected chi connectivity index (χ1v) is 10.9. The second-order valence-corrected chi connectivity index (χ2v) is 9.34. The van der Waals surface area contributed by atoms with Crippen molar-refractivity contribution in [3.8, 4) is 0 Å². The van der Waals surface area contributed by atoms with Crippen molar-refractivity contribution in [1.29, 1.82) is 0 Å². The number of halogens is 3. The maximum absolute atomic E-state index is 13.4. The first-order chi connectivity index (χ1) is 14.9. The number of esters is 1. The molecule has 1 unspecified atom stereocenters. The van der Waals surface area contributed by atoms with Gasteiger partial charge >= 0.3 is 12.1 Å². The Morgan fingerprint density at radius 3 is 2.28 bits per heavy atom. The molecule has 3 rings (SSSR count). The van der Waals surface area contributed by atoms with Crippen LogP contribution in [0.4, 0.5) is 13.2 Å². The van der Waals surface area contributed by atoms with E-state index in [1.807, 2.05) is 58.0 Å². The first kappa shape index (κ1) is 24.3.